The highest BCUT2D eigenvalue weighted by Gasteiger charge is 2.10. The van der Waals surface area contributed by atoms with E-state index in [1.807, 2.05) is 13.8 Å². The molecule has 0 saturated carbocycles. The first-order chi connectivity index (χ1) is 8.06. The van der Waals surface area contributed by atoms with Crippen LogP contribution in [0.1, 0.15) is 49.7 Å². The maximum Gasteiger partial charge on any atom is 0.335 e. The highest BCUT2D eigenvalue weighted by atomic mass is 16.5. The van der Waals surface area contributed by atoms with Gasteiger partial charge in [-0.05, 0) is 25.8 Å². The van der Waals surface area contributed by atoms with E-state index in [1.165, 1.54) is 6.07 Å². The van der Waals surface area contributed by atoms with E-state index >= 15 is 0 Å². The van der Waals surface area contributed by atoms with E-state index in [2.05, 4.69) is 11.9 Å². The number of aryl methyl sites for hydroxylation is 1. The van der Waals surface area contributed by atoms with E-state index in [-0.39, 0.29) is 11.7 Å². The normalized spacial score (nSPS) is 12.2. The number of carboxylic acids is 1. The van der Waals surface area contributed by atoms with Crippen LogP contribution in [0.2, 0.25) is 0 Å². The maximum atomic E-state index is 10.9. The van der Waals surface area contributed by atoms with E-state index < -0.39 is 5.97 Å². The monoisotopic (exact) mass is 237 g/mol. The molecular formula is C13H19NO3. The second kappa shape index (κ2) is 6.23. The zero-order chi connectivity index (χ0) is 12.8. The molecule has 0 aliphatic rings. The van der Waals surface area contributed by atoms with Gasteiger partial charge in [0, 0.05) is 11.8 Å². The van der Waals surface area contributed by atoms with Gasteiger partial charge in [0.15, 0.2) is 0 Å². The first-order valence-corrected chi connectivity index (χ1v) is 5.97. The summed E-state index contributed by atoms with van der Waals surface area (Å²) in [6, 6.07) is 3.06. The molecular weight excluding hydrogens is 218 g/mol. The van der Waals surface area contributed by atoms with Crippen molar-refractivity contribution in [3.05, 3.63) is 23.4 Å². The Bertz CT molecular complexity index is 390. The van der Waals surface area contributed by atoms with Crippen LogP contribution in [0.15, 0.2) is 12.1 Å². The van der Waals surface area contributed by atoms with Crippen molar-refractivity contribution >= 4 is 5.97 Å². The molecule has 0 fully saturated rings. The molecule has 0 radical (unpaired) electrons. The molecule has 1 N–H and O–H groups in total. The molecule has 0 bridgehead atoms. The highest BCUT2D eigenvalue weighted by Crippen LogP contribution is 2.16. The number of carboxylic acid groups (broad SMARTS) is 1. The number of aromatic nitrogens is 1. The van der Waals surface area contributed by atoms with Crippen LogP contribution < -0.4 is 4.74 Å². The topological polar surface area (TPSA) is 59.4 Å². The van der Waals surface area contributed by atoms with Crippen LogP contribution in [0.4, 0.5) is 0 Å². The Morgan fingerprint density at radius 3 is 2.71 bits per heavy atom. The van der Waals surface area contributed by atoms with E-state index in [4.69, 9.17) is 9.84 Å². The van der Waals surface area contributed by atoms with Crippen LogP contribution in [0.25, 0.3) is 0 Å². The first-order valence-electron chi connectivity index (χ1n) is 5.97. The number of carbonyl (C=O) groups is 1. The highest BCUT2D eigenvalue weighted by molar-refractivity contribution is 5.88. The number of aromatic carboxylic acids is 1. The summed E-state index contributed by atoms with van der Waals surface area (Å²) in [6.07, 6.45) is 2.71. The lowest BCUT2D eigenvalue weighted by Crippen LogP contribution is -2.13. The van der Waals surface area contributed by atoms with Crippen molar-refractivity contribution in [1.29, 1.82) is 0 Å². The lowest BCUT2D eigenvalue weighted by Gasteiger charge is -2.14. The standard InChI is InChI=1S/C13H19NO3/c1-4-6-9(3)17-12-8-10(13(15)16)7-11(5-2)14-12/h7-9H,4-6H2,1-3H3,(H,15,16). The van der Waals surface area contributed by atoms with Crippen molar-refractivity contribution in [2.24, 2.45) is 0 Å². The quantitative estimate of drug-likeness (QED) is 0.826. The molecule has 17 heavy (non-hydrogen) atoms. The van der Waals surface area contributed by atoms with Crippen LogP contribution in [0.3, 0.4) is 0 Å². The number of ether oxygens (including phenoxy) is 1. The molecule has 1 aromatic heterocycles. The van der Waals surface area contributed by atoms with Gasteiger partial charge in [0.25, 0.3) is 0 Å². The van der Waals surface area contributed by atoms with Crippen LogP contribution in [-0.2, 0) is 6.42 Å². The molecule has 1 rings (SSSR count). The minimum atomic E-state index is -0.949. The van der Waals surface area contributed by atoms with Gasteiger partial charge >= 0.3 is 5.97 Å². The Kier molecular flexibility index (Phi) is 4.94. The molecule has 0 aliphatic carbocycles. The summed E-state index contributed by atoms with van der Waals surface area (Å²) in [5.41, 5.74) is 0.971. The summed E-state index contributed by atoms with van der Waals surface area (Å²) in [5, 5.41) is 8.98. The van der Waals surface area contributed by atoms with Crippen molar-refractivity contribution < 1.29 is 14.6 Å². The third-order valence-electron chi connectivity index (χ3n) is 2.48. The van der Waals surface area contributed by atoms with E-state index in [9.17, 15) is 4.79 Å². The van der Waals surface area contributed by atoms with Crippen LogP contribution in [0.5, 0.6) is 5.88 Å². The number of rotatable bonds is 6. The molecule has 1 heterocycles. The minimum Gasteiger partial charge on any atom is -0.478 e. The summed E-state index contributed by atoms with van der Waals surface area (Å²) in [7, 11) is 0. The fourth-order valence-electron chi connectivity index (χ4n) is 1.60. The van der Waals surface area contributed by atoms with Crippen molar-refractivity contribution in [1.82, 2.24) is 4.98 Å². The molecule has 0 amide bonds. The van der Waals surface area contributed by atoms with Crippen molar-refractivity contribution in [2.75, 3.05) is 0 Å². The van der Waals surface area contributed by atoms with Crippen molar-refractivity contribution in [3.8, 4) is 5.88 Å². The van der Waals surface area contributed by atoms with E-state index in [1.54, 1.807) is 6.07 Å². The second-order valence-corrected chi connectivity index (χ2v) is 4.06. The first kappa shape index (κ1) is 13.5. The lowest BCUT2D eigenvalue weighted by molar-refractivity contribution is 0.0695. The van der Waals surface area contributed by atoms with Gasteiger partial charge in [0.1, 0.15) is 0 Å². The summed E-state index contributed by atoms with van der Waals surface area (Å²) in [4.78, 5) is 15.2. The SMILES string of the molecule is CCCC(C)Oc1cc(C(=O)O)cc(CC)n1. The van der Waals surface area contributed by atoms with Crippen LogP contribution >= 0.6 is 0 Å². The molecule has 0 aliphatic heterocycles. The fraction of sp³-hybridized carbons (Fsp3) is 0.538. The lowest BCUT2D eigenvalue weighted by atomic mass is 10.2. The third kappa shape index (κ3) is 4.06. The maximum absolute atomic E-state index is 10.9. The average Bonchev–Trinajstić information content (AvgIpc) is 2.28. The molecule has 1 atom stereocenters. The molecule has 1 unspecified atom stereocenters. The Morgan fingerprint density at radius 2 is 2.18 bits per heavy atom. The molecule has 0 saturated heterocycles. The summed E-state index contributed by atoms with van der Waals surface area (Å²) < 4.78 is 5.61. The number of hydrogen-bond donors (Lipinski definition) is 1. The van der Waals surface area contributed by atoms with E-state index in [0.717, 1.165) is 18.5 Å². The van der Waals surface area contributed by atoms with Gasteiger partial charge in [0.2, 0.25) is 5.88 Å². The second-order valence-electron chi connectivity index (χ2n) is 4.06. The van der Waals surface area contributed by atoms with Gasteiger partial charge < -0.3 is 9.84 Å². The van der Waals surface area contributed by atoms with E-state index in [0.29, 0.717) is 12.3 Å². The van der Waals surface area contributed by atoms with Gasteiger partial charge in [-0.2, -0.15) is 0 Å². The molecule has 94 valence electrons. The van der Waals surface area contributed by atoms with Crippen molar-refractivity contribution in [3.63, 3.8) is 0 Å². The summed E-state index contributed by atoms with van der Waals surface area (Å²) >= 11 is 0. The zero-order valence-corrected chi connectivity index (χ0v) is 10.6. The number of hydrogen-bond acceptors (Lipinski definition) is 3. The molecule has 0 spiro atoms. The van der Waals surface area contributed by atoms with Crippen molar-refractivity contribution in [2.45, 2.75) is 46.1 Å². The molecule has 1 aromatic rings. The van der Waals surface area contributed by atoms with Gasteiger partial charge in [0.05, 0.1) is 11.7 Å². The Hall–Kier alpha value is -1.58. The molecule has 4 nitrogen and oxygen atoms in total. The fourth-order valence-corrected chi connectivity index (χ4v) is 1.60. The number of pyridine rings is 1. The Morgan fingerprint density at radius 1 is 1.47 bits per heavy atom. The smallest absolute Gasteiger partial charge is 0.335 e. The Balaban J connectivity index is 2.90. The minimum absolute atomic E-state index is 0.0567. The van der Waals surface area contributed by atoms with Crippen LogP contribution in [-0.4, -0.2) is 22.2 Å². The number of nitrogens with zero attached hydrogens (tertiary/aromatic N) is 1. The van der Waals surface area contributed by atoms with Gasteiger partial charge in [-0.3, -0.25) is 0 Å². The van der Waals surface area contributed by atoms with Crippen LogP contribution in [0, 0.1) is 0 Å². The van der Waals surface area contributed by atoms with Gasteiger partial charge in [-0.15, -0.1) is 0 Å². The predicted molar refractivity (Wildman–Crippen MR) is 65.6 cm³/mol. The predicted octanol–water partition coefficient (Wildman–Crippen LogP) is 2.91. The zero-order valence-electron chi connectivity index (χ0n) is 10.6. The van der Waals surface area contributed by atoms with Gasteiger partial charge in [-0.1, -0.05) is 20.3 Å². The Labute approximate surface area is 102 Å². The summed E-state index contributed by atoms with van der Waals surface area (Å²) in [6.45, 7) is 5.98. The summed E-state index contributed by atoms with van der Waals surface area (Å²) in [5.74, 6) is -0.544. The largest absolute Gasteiger partial charge is 0.478 e. The average molecular weight is 237 g/mol. The third-order valence-corrected chi connectivity index (χ3v) is 2.48. The molecule has 0 aromatic carbocycles. The van der Waals surface area contributed by atoms with Gasteiger partial charge in [-0.25, -0.2) is 9.78 Å². The molecule has 4 heteroatoms.